The van der Waals surface area contributed by atoms with Gasteiger partial charge in [0, 0.05) is 29.8 Å². The zero-order valence-electron chi connectivity index (χ0n) is 25.6. The molecule has 2 aromatic heterocycles. The molecule has 0 aliphatic heterocycles. The first-order chi connectivity index (χ1) is 21.9. The van der Waals surface area contributed by atoms with Gasteiger partial charge in [-0.05, 0) is 53.6 Å². The summed E-state index contributed by atoms with van der Waals surface area (Å²) in [6.45, 7) is 4.08. The molecule has 0 atom stereocenters. The second-order valence-corrected chi connectivity index (χ2v) is 10.8. The Kier molecular flexibility index (Phi) is 9.94. The molecule has 5 rings (SSSR count). The summed E-state index contributed by atoms with van der Waals surface area (Å²) < 4.78 is 16.2. The molecule has 3 aromatic carbocycles. The zero-order chi connectivity index (χ0) is 31.8. The standard InChI is InChI=1S/C37H36N2O6/c1-24-29(19-20-32(40)43-3)31(39-34(24)36(41)44-22-26-13-7-4-8-14-26)21-30-25(2)33(28-17-11-6-12-18-28)35(38-30)37(42)45-23-27-15-9-5-10-16-27/h4-18,38-39H,19-23H2,1-3H3. The number of benzene rings is 3. The number of methoxy groups -OCH3 is 1. The van der Waals surface area contributed by atoms with Crippen LogP contribution in [0.25, 0.3) is 11.1 Å². The number of rotatable bonds is 12. The van der Waals surface area contributed by atoms with Crippen molar-refractivity contribution in [3.8, 4) is 11.1 Å². The third kappa shape index (κ3) is 7.41. The number of H-pyrrole nitrogens is 2. The first-order valence-corrected chi connectivity index (χ1v) is 14.8. The minimum Gasteiger partial charge on any atom is -0.469 e. The normalized spacial score (nSPS) is 10.8. The molecule has 0 saturated carbocycles. The second kappa shape index (κ2) is 14.4. The Morgan fingerprint density at radius 3 is 1.71 bits per heavy atom. The van der Waals surface area contributed by atoms with Gasteiger partial charge in [-0.15, -0.1) is 0 Å². The number of hydrogen-bond donors (Lipinski definition) is 2. The fraction of sp³-hybridized carbons (Fsp3) is 0.216. The van der Waals surface area contributed by atoms with Gasteiger partial charge in [-0.3, -0.25) is 4.79 Å². The topological polar surface area (TPSA) is 110 Å². The molecule has 8 nitrogen and oxygen atoms in total. The lowest BCUT2D eigenvalue weighted by atomic mass is 9.98. The lowest BCUT2D eigenvalue weighted by Gasteiger charge is -2.07. The van der Waals surface area contributed by atoms with Crippen molar-refractivity contribution in [1.29, 1.82) is 0 Å². The van der Waals surface area contributed by atoms with Gasteiger partial charge in [0.05, 0.1) is 7.11 Å². The molecule has 2 heterocycles. The average molecular weight is 605 g/mol. The van der Waals surface area contributed by atoms with Crippen molar-refractivity contribution in [1.82, 2.24) is 9.97 Å². The van der Waals surface area contributed by atoms with Gasteiger partial charge in [0.25, 0.3) is 0 Å². The first kappa shape index (κ1) is 31.1. The zero-order valence-corrected chi connectivity index (χ0v) is 25.6. The summed E-state index contributed by atoms with van der Waals surface area (Å²) >= 11 is 0. The fourth-order valence-corrected chi connectivity index (χ4v) is 5.43. The molecule has 0 spiro atoms. The SMILES string of the molecule is COC(=O)CCc1c(Cc2[nH]c(C(=O)OCc3ccccc3)c(-c3ccccc3)c2C)[nH]c(C(=O)OCc2ccccc2)c1C. The molecule has 0 unspecified atom stereocenters. The smallest absolute Gasteiger partial charge is 0.355 e. The maximum absolute atomic E-state index is 13.5. The van der Waals surface area contributed by atoms with Gasteiger partial charge in [-0.1, -0.05) is 91.0 Å². The summed E-state index contributed by atoms with van der Waals surface area (Å²) in [5.41, 5.74) is 8.03. The fourth-order valence-electron chi connectivity index (χ4n) is 5.43. The largest absolute Gasteiger partial charge is 0.469 e. The van der Waals surface area contributed by atoms with Crippen LogP contribution in [0, 0.1) is 13.8 Å². The van der Waals surface area contributed by atoms with E-state index in [-0.39, 0.29) is 25.6 Å². The van der Waals surface area contributed by atoms with E-state index in [0.29, 0.717) is 29.8 Å². The molecule has 0 amide bonds. The molecule has 0 aliphatic carbocycles. The van der Waals surface area contributed by atoms with E-state index >= 15 is 0 Å². The number of ether oxygens (including phenoxy) is 3. The number of aromatic amines is 2. The molecule has 230 valence electrons. The van der Waals surface area contributed by atoms with E-state index in [0.717, 1.165) is 44.8 Å². The van der Waals surface area contributed by atoms with Gasteiger partial charge in [-0.2, -0.15) is 0 Å². The third-order valence-corrected chi connectivity index (χ3v) is 7.88. The maximum Gasteiger partial charge on any atom is 0.355 e. The summed E-state index contributed by atoms with van der Waals surface area (Å²) in [5, 5.41) is 0. The van der Waals surface area contributed by atoms with Crippen LogP contribution in [0.5, 0.6) is 0 Å². The molecule has 2 N–H and O–H groups in total. The lowest BCUT2D eigenvalue weighted by Crippen LogP contribution is -2.08. The highest BCUT2D eigenvalue weighted by molar-refractivity contribution is 5.97. The van der Waals surface area contributed by atoms with Crippen LogP contribution in [0.15, 0.2) is 91.0 Å². The molecule has 0 saturated heterocycles. The van der Waals surface area contributed by atoms with E-state index in [1.165, 1.54) is 7.11 Å². The minimum absolute atomic E-state index is 0.135. The van der Waals surface area contributed by atoms with Gasteiger partial charge in [0.15, 0.2) is 0 Å². The predicted octanol–water partition coefficient (Wildman–Crippen LogP) is 7.04. The van der Waals surface area contributed by atoms with Crippen molar-refractivity contribution >= 4 is 17.9 Å². The van der Waals surface area contributed by atoms with E-state index < -0.39 is 11.9 Å². The number of carbonyl (C=O) groups is 3. The van der Waals surface area contributed by atoms with Crippen LogP contribution in [0.2, 0.25) is 0 Å². The Morgan fingerprint density at radius 1 is 0.644 bits per heavy atom. The Balaban J connectivity index is 1.47. The minimum atomic E-state index is -0.486. The number of esters is 3. The maximum atomic E-state index is 13.5. The van der Waals surface area contributed by atoms with Gasteiger partial charge >= 0.3 is 17.9 Å². The van der Waals surface area contributed by atoms with E-state index in [1.807, 2.05) is 105 Å². The Hall–Kier alpha value is -5.37. The number of carbonyl (C=O) groups excluding carboxylic acids is 3. The number of nitrogens with one attached hydrogen (secondary N) is 2. The predicted molar refractivity (Wildman–Crippen MR) is 171 cm³/mol. The van der Waals surface area contributed by atoms with Crippen LogP contribution in [0.1, 0.15) is 66.6 Å². The highest BCUT2D eigenvalue weighted by Gasteiger charge is 2.26. The van der Waals surface area contributed by atoms with Crippen LogP contribution in [0.3, 0.4) is 0 Å². The van der Waals surface area contributed by atoms with Crippen LogP contribution < -0.4 is 0 Å². The van der Waals surface area contributed by atoms with Crippen molar-refractivity contribution < 1.29 is 28.6 Å². The molecular weight excluding hydrogens is 568 g/mol. The van der Waals surface area contributed by atoms with Crippen molar-refractivity contribution in [3.63, 3.8) is 0 Å². The van der Waals surface area contributed by atoms with Crippen molar-refractivity contribution in [3.05, 3.63) is 142 Å². The van der Waals surface area contributed by atoms with E-state index in [9.17, 15) is 14.4 Å². The van der Waals surface area contributed by atoms with Gasteiger partial charge in [0.1, 0.15) is 24.6 Å². The summed E-state index contributed by atoms with van der Waals surface area (Å²) in [4.78, 5) is 45.4. The van der Waals surface area contributed by atoms with Crippen molar-refractivity contribution in [2.75, 3.05) is 7.11 Å². The van der Waals surface area contributed by atoms with Crippen molar-refractivity contribution in [2.45, 2.75) is 46.3 Å². The van der Waals surface area contributed by atoms with E-state index in [4.69, 9.17) is 14.2 Å². The van der Waals surface area contributed by atoms with Crippen molar-refractivity contribution in [2.24, 2.45) is 0 Å². The highest BCUT2D eigenvalue weighted by atomic mass is 16.5. The van der Waals surface area contributed by atoms with Crippen LogP contribution >= 0.6 is 0 Å². The van der Waals surface area contributed by atoms with Gasteiger partial charge in [0.2, 0.25) is 0 Å². The monoisotopic (exact) mass is 604 g/mol. The molecule has 5 aromatic rings. The third-order valence-electron chi connectivity index (χ3n) is 7.88. The summed E-state index contributed by atoms with van der Waals surface area (Å²) in [7, 11) is 1.35. The van der Waals surface area contributed by atoms with E-state index in [2.05, 4.69) is 9.97 Å². The van der Waals surface area contributed by atoms with Crippen LogP contribution in [-0.4, -0.2) is 35.0 Å². The molecule has 0 aliphatic rings. The van der Waals surface area contributed by atoms with E-state index in [1.54, 1.807) is 0 Å². The summed E-state index contributed by atoms with van der Waals surface area (Å²) in [6.07, 6.45) is 0.866. The molecule has 45 heavy (non-hydrogen) atoms. The average Bonchev–Trinajstić information content (AvgIpc) is 3.57. The molecule has 8 heteroatoms. The second-order valence-electron chi connectivity index (χ2n) is 10.8. The van der Waals surface area contributed by atoms with Crippen LogP contribution in [0.4, 0.5) is 0 Å². The quantitative estimate of drug-likeness (QED) is 0.117. The molecule has 0 radical (unpaired) electrons. The summed E-state index contributed by atoms with van der Waals surface area (Å²) in [6, 6.07) is 28.7. The Bertz CT molecular complexity index is 1770. The first-order valence-electron chi connectivity index (χ1n) is 14.8. The number of aromatic nitrogens is 2. The lowest BCUT2D eigenvalue weighted by molar-refractivity contribution is -0.140. The van der Waals surface area contributed by atoms with Gasteiger partial charge in [-0.25, -0.2) is 9.59 Å². The molecule has 0 fully saturated rings. The molecule has 0 bridgehead atoms. The number of hydrogen-bond acceptors (Lipinski definition) is 6. The van der Waals surface area contributed by atoms with Gasteiger partial charge < -0.3 is 24.2 Å². The van der Waals surface area contributed by atoms with Crippen LogP contribution in [-0.2, 0) is 45.1 Å². The molecular formula is C37H36N2O6. The highest BCUT2D eigenvalue weighted by Crippen LogP contribution is 2.33. The summed E-state index contributed by atoms with van der Waals surface area (Å²) in [5.74, 6) is -1.30. The Labute approximate surface area is 262 Å². The Morgan fingerprint density at radius 2 is 1.16 bits per heavy atom.